The van der Waals surface area contributed by atoms with Gasteiger partial charge < -0.3 is 0 Å². The van der Waals surface area contributed by atoms with E-state index in [9.17, 15) is 18.5 Å². The van der Waals surface area contributed by atoms with Crippen LogP contribution in [0.5, 0.6) is 0 Å². The van der Waals surface area contributed by atoms with E-state index in [0.29, 0.717) is 5.56 Å². The SMILES string of the molecule is Cc1ccc(S(=O)(=O)C(C)CCl)c([N+](=O)[O-])c1. The molecule has 0 aliphatic carbocycles. The van der Waals surface area contributed by atoms with Crippen LogP contribution in [0.2, 0.25) is 0 Å². The van der Waals surface area contributed by atoms with Crippen molar-refractivity contribution in [2.24, 2.45) is 0 Å². The van der Waals surface area contributed by atoms with Crippen molar-refractivity contribution < 1.29 is 13.3 Å². The van der Waals surface area contributed by atoms with Crippen molar-refractivity contribution in [3.63, 3.8) is 0 Å². The molecule has 0 aliphatic heterocycles. The highest BCUT2D eigenvalue weighted by molar-refractivity contribution is 7.92. The zero-order valence-electron chi connectivity index (χ0n) is 9.38. The van der Waals surface area contributed by atoms with Gasteiger partial charge in [0.15, 0.2) is 9.84 Å². The molecule has 17 heavy (non-hydrogen) atoms. The van der Waals surface area contributed by atoms with E-state index in [1.165, 1.54) is 25.1 Å². The Morgan fingerprint density at radius 3 is 2.53 bits per heavy atom. The lowest BCUT2D eigenvalue weighted by Crippen LogP contribution is -2.20. The summed E-state index contributed by atoms with van der Waals surface area (Å²) in [5, 5.41) is 9.98. The highest BCUT2D eigenvalue weighted by atomic mass is 35.5. The minimum atomic E-state index is -3.76. The maximum atomic E-state index is 12.0. The Morgan fingerprint density at radius 2 is 2.06 bits per heavy atom. The molecule has 0 aromatic heterocycles. The van der Waals surface area contributed by atoms with Crippen molar-refractivity contribution in [2.45, 2.75) is 24.0 Å². The molecule has 7 heteroatoms. The number of benzene rings is 1. The number of halogens is 1. The quantitative estimate of drug-likeness (QED) is 0.481. The van der Waals surface area contributed by atoms with Gasteiger partial charge in [0.1, 0.15) is 4.90 Å². The molecule has 5 nitrogen and oxygen atoms in total. The first kappa shape index (κ1) is 13.9. The standard InChI is InChI=1S/C10H12ClNO4S/c1-7-3-4-10(9(5-7)12(13)14)17(15,16)8(2)6-11/h3-5,8H,6H2,1-2H3. The summed E-state index contributed by atoms with van der Waals surface area (Å²) in [7, 11) is -3.76. The van der Waals surface area contributed by atoms with Crippen LogP contribution in [0.4, 0.5) is 5.69 Å². The summed E-state index contributed by atoms with van der Waals surface area (Å²) >= 11 is 5.50. The Labute approximate surface area is 104 Å². The molecule has 0 amide bonds. The highest BCUT2D eigenvalue weighted by Gasteiger charge is 2.30. The monoisotopic (exact) mass is 277 g/mol. The van der Waals surface area contributed by atoms with E-state index in [2.05, 4.69) is 0 Å². The Bertz CT molecular complexity index is 541. The lowest BCUT2D eigenvalue weighted by atomic mass is 10.2. The van der Waals surface area contributed by atoms with Crippen molar-refractivity contribution in [1.29, 1.82) is 0 Å². The van der Waals surface area contributed by atoms with Crippen LogP contribution in [0.3, 0.4) is 0 Å². The number of nitro benzene ring substituents is 1. The molecule has 0 saturated carbocycles. The van der Waals surface area contributed by atoms with Crippen LogP contribution in [-0.4, -0.2) is 24.5 Å². The predicted molar refractivity (Wildman–Crippen MR) is 65.2 cm³/mol. The number of aryl methyl sites for hydroxylation is 1. The Morgan fingerprint density at radius 1 is 1.47 bits per heavy atom. The van der Waals surface area contributed by atoms with Gasteiger partial charge in [-0.05, 0) is 25.5 Å². The first-order valence-electron chi connectivity index (χ1n) is 4.85. The number of hydrogen-bond acceptors (Lipinski definition) is 4. The minimum Gasteiger partial charge on any atom is -0.258 e. The minimum absolute atomic E-state index is 0.104. The number of alkyl halides is 1. The van der Waals surface area contributed by atoms with Gasteiger partial charge in [-0.25, -0.2) is 8.42 Å². The summed E-state index contributed by atoms with van der Waals surface area (Å²) in [6, 6.07) is 4.03. The van der Waals surface area contributed by atoms with Gasteiger partial charge in [-0.15, -0.1) is 11.6 Å². The highest BCUT2D eigenvalue weighted by Crippen LogP contribution is 2.28. The van der Waals surface area contributed by atoms with Gasteiger partial charge in [-0.1, -0.05) is 6.07 Å². The molecule has 0 radical (unpaired) electrons. The summed E-state index contributed by atoms with van der Waals surface area (Å²) < 4.78 is 24.0. The molecule has 1 aromatic carbocycles. The second-order valence-corrected chi connectivity index (χ2v) is 6.38. The molecular weight excluding hydrogens is 266 g/mol. The predicted octanol–water partition coefficient (Wildman–Crippen LogP) is 2.30. The molecule has 0 N–H and O–H groups in total. The lowest BCUT2D eigenvalue weighted by Gasteiger charge is -2.10. The van der Waals surface area contributed by atoms with E-state index in [1.807, 2.05) is 0 Å². The summed E-state index contributed by atoms with van der Waals surface area (Å²) in [6.07, 6.45) is 0. The van der Waals surface area contributed by atoms with Crippen LogP contribution in [0.15, 0.2) is 23.1 Å². The van der Waals surface area contributed by atoms with E-state index in [4.69, 9.17) is 11.6 Å². The zero-order valence-corrected chi connectivity index (χ0v) is 11.0. The van der Waals surface area contributed by atoms with Crippen molar-refractivity contribution in [2.75, 3.05) is 5.88 Å². The maximum Gasteiger partial charge on any atom is 0.288 e. The number of sulfone groups is 1. The van der Waals surface area contributed by atoms with Gasteiger partial charge in [-0.3, -0.25) is 10.1 Å². The largest absolute Gasteiger partial charge is 0.288 e. The van der Waals surface area contributed by atoms with Crippen LogP contribution in [0.1, 0.15) is 12.5 Å². The summed E-state index contributed by atoms with van der Waals surface area (Å²) in [6.45, 7) is 3.08. The fourth-order valence-corrected chi connectivity index (χ4v) is 3.09. The molecule has 0 heterocycles. The van der Waals surface area contributed by atoms with Gasteiger partial charge in [0.25, 0.3) is 5.69 Å². The van der Waals surface area contributed by atoms with Crippen molar-refractivity contribution in [3.8, 4) is 0 Å². The van der Waals surface area contributed by atoms with Gasteiger partial charge in [-0.2, -0.15) is 0 Å². The third-order valence-electron chi connectivity index (χ3n) is 2.36. The molecule has 1 rings (SSSR count). The second-order valence-electron chi connectivity index (χ2n) is 3.74. The molecule has 1 aromatic rings. The number of nitrogens with zero attached hydrogens (tertiary/aromatic N) is 1. The zero-order chi connectivity index (χ0) is 13.2. The van der Waals surface area contributed by atoms with E-state index < -0.39 is 25.7 Å². The van der Waals surface area contributed by atoms with Crippen LogP contribution >= 0.6 is 11.6 Å². The van der Waals surface area contributed by atoms with E-state index >= 15 is 0 Å². The van der Waals surface area contributed by atoms with Crippen LogP contribution in [-0.2, 0) is 9.84 Å². The van der Waals surface area contributed by atoms with Gasteiger partial charge >= 0.3 is 0 Å². The topological polar surface area (TPSA) is 77.3 Å². The molecule has 0 saturated heterocycles. The molecular formula is C10H12ClNO4S. The average Bonchev–Trinajstić information content (AvgIpc) is 2.27. The second kappa shape index (κ2) is 5.01. The van der Waals surface area contributed by atoms with Gasteiger partial charge in [0, 0.05) is 11.9 Å². The Kier molecular flexibility index (Phi) is 4.11. The summed E-state index contributed by atoms with van der Waals surface area (Å²) in [5.41, 5.74) is 0.233. The molecule has 94 valence electrons. The first-order valence-corrected chi connectivity index (χ1v) is 6.93. The number of hydrogen-bond donors (Lipinski definition) is 0. The molecule has 1 atom stereocenters. The number of rotatable bonds is 4. The van der Waals surface area contributed by atoms with Gasteiger partial charge in [0.2, 0.25) is 0 Å². The summed E-state index contributed by atoms with van der Waals surface area (Å²) in [5.74, 6) is -0.104. The third-order valence-corrected chi connectivity index (χ3v) is 5.19. The maximum absolute atomic E-state index is 12.0. The molecule has 1 unspecified atom stereocenters. The van der Waals surface area contributed by atoms with Crippen LogP contribution < -0.4 is 0 Å². The van der Waals surface area contributed by atoms with Crippen LogP contribution in [0, 0.1) is 17.0 Å². The summed E-state index contributed by atoms with van der Waals surface area (Å²) in [4.78, 5) is 9.87. The van der Waals surface area contributed by atoms with Crippen molar-refractivity contribution >= 4 is 27.1 Å². The average molecular weight is 278 g/mol. The van der Waals surface area contributed by atoms with E-state index in [0.717, 1.165) is 0 Å². The Balaban J connectivity index is 3.47. The third kappa shape index (κ3) is 2.76. The molecule has 0 fully saturated rings. The Hall–Kier alpha value is -1.14. The first-order chi connectivity index (χ1) is 7.80. The molecule has 0 aliphatic rings. The molecule has 0 spiro atoms. The normalized spacial score (nSPS) is 13.4. The number of nitro groups is 1. The van der Waals surface area contributed by atoms with Gasteiger partial charge in [0.05, 0.1) is 10.2 Å². The fourth-order valence-electron chi connectivity index (χ4n) is 1.31. The fraction of sp³-hybridized carbons (Fsp3) is 0.400. The smallest absolute Gasteiger partial charge is 0.258 e. The molecule has 0 bridgehead atoms. The van der Waals surface area contributed by atoms with E-state index in [1.54, 1.807) is 6.92 Å². The van der Waals surface area contributed by atoms with E-state index in [-0.39, 0.29) is 10.8 Å². The van der Waals surface area contributed by atoms with Crippen molar-refractivity contribution in [1.82, 2.24) is 0 Å². The van der Waals surface area contributed by atoms with Crippen LogP contribution in [0.25, 0.3) is 0 Å². The van der Waals surface area contributed by atoms with Crippen molar-refractivity contribution in [3.05, 3.63) is 33.9 Å². The lowest BCUT2D eigenvalue weighted by molar-refractivity contribution is -0.387.